The second kappa shape index (κ2) is 9.77. The molecule has 9 nitrogen and oxygen atoms in total. The molecule has 0 spiro atoms. The zero-order valence-corrected chi connectivity index (χ0v) is 22.3. The summed E-state index contributed by atoms with van der Waals surface area (Å²) in [5.74, 6) is 0.413. The third-order valence-corrected chi connectivity index (χ3v) is 7.92. The Morgan fingerprint density at radius 1 is 1.11 bits per heavy atom. The quantitative estimate of drug-likeness (QED) is 0.388. The standard InChI is InChI=1S/C28H29N5O4S/c1-18-7-8-19(13-25(18)38(3,36)37)27(34)30-16-21-14-24-20(15-29-21)9-10-23(31-24)22-5-4-6-26(32-22)33-12-11-28(2,35)17-33/h4-10,13-15,35H,11-12,16-17H2,1-3H3,(H,30,34). The fourth-order valence-electron chi connectivity index (χ4n) is 4.59. The Labute approximate surface area is 221 Å². The summed E-state index contributed by atoms with van der Waals surface area (Å²) in [6.07, 6.45) is 3.53. The lowest BCUT2D eigenvalue weighted by Gasteiger charge is -2.20. The summed E-state index contributed by atoms with van der Waals surface area (Å²) in [7, 11) is -3.44. The van der Waals surface area contributed by atoms with Gasteiger partial charge in [0.1, 0.15) is 5.82 Å². The number of anilines is 1. The Bertz CT molecular complexity index is 1650. The van der Waals surface area contributed by atoms with Crippen LogP contribution >= 0.6 is 0 Å². The molecule has 0 aliphatic carbocycles. The van der Waals surface area contributed by atoms with Crippen LogP contribution in [0.2, 0.25) is 0 Å². The number of pyridine rings is 3. The van der Waals surface area contributed by atoms with Crippen molar-refractivity contribution in [1.29, 1.82) is 0 Å². The topological polar surface area (TPSA) is 125 Å². The van der Waals surface area contributed by atoms with Gasteiger partial charge in [0, 0.05) is 36.5 Å². The number of hydrogen-bond donors (Lipinski definition) is 2. The van der Waals surface area contributed by atoms with E-state index in [1.165, 1.54) is 6.07 Å². The number of aromatic nitrogens is 3. The predicted molar refractivity (Wildman–Crippen MR) is 146 cm³/mol. The van der Waals surface area contributed by atoms with Gasteiger partial charge in [0.15, 0.2) is 9.84 Å². The molecule has 1 unspecified atom stereocenters. The highest BCUT2D eigenvalue weighted by Gasteiger charge is 2.32. The number of amides is 1. The van der Waals surface area contributed by atoms with Crippen LogP contribution in [0.4, 0.5) is 5.82 Å². The molecule has 1 aliphatic heterocycles. The summed E-state index contributed by atoms with van der Waals surface area (Å²) in [5.41, 5.74) is 2.91. The molecule has 1 fully saturated rings. The second-order valence-electron chi connectivity index (χ2n) is 10.0. The van der Waals surface area contributed by atoms with E-state index in [0.717, 1.165) is 29.7 Å². The number of carbonyl (C=O) groups excluding carboxylic acids is 1. The first-order chi connectivity index (χ1) is 18.0. The summed E-state index contributed by atoms with van der Waals surface area (Å²) >= 11 is 0. The normalized spacial score (nSPS) is 17.6. The summed E-state index contributed by atoms with van der Waals surface area (Å²) in [5, 5.41) is 14.0. The number of hydrogen-bond acceptors (Lipinski definition) is 8. The fourth-order valence-corrected chi connectivity index (χ4v) is 5.59. The molecule has 10 heteroatoms. The van der Waals surface area contributed by atoms with Gasteiger partial charge in [-0.3, -0.25) is 9.78 Å². The van der Waals surface area contributed by atoms with Crippen LogP contribution in [0.5, 0.6) is 0 Å². The minimum absolute atomic E-state index is 0.137. The van der Waals surface area contributed by atoms with E-state index in [4.69, 9.17) is 9.97 Å². The summed E-state index contributed by atoms with van der Waals surface area (Å²) in [6, 6.07) is 16.0. The van der Waals surface area contributed by atoms with Crippen molar-refractivity contribution in [3.05, 3.63) is 77.6 Å². The number of aliphatic hydroxyl groups is 1. The second-order valence-corrected chi connectivity index (χ2v) is 12.0. The fraction of sp³-hybridized carbons (Fsp3) is 0.286. The molecule has 5 rings (SSSR count). The summed E-state index contributed by atoms with van der Waals surface area (Å²) in [4.78, 5) is 28.9. The van der Waals surface area contributed by atoms with Crippen LogP contribution in [0, 0.1) is 6.92 Å². The van der Waals surface area contributed by atoms with E-state index < -0.39 is 15.4 Å². The van der Waals surface area contributed by atoms with Crippen LogP contribution in [0.25, 0.3) is 22.3 Å². The Kier molecular flexibility index (Phi) is 6.62. The summed E-state index contributed by atoms with van der Waals surface area (Å²) < 4.78 is 24.0. The lowest BCUT2D eigenvalue weighted by molar-refractivity contribution is 0.0838. The number of benzene rings is 1. The molecule has 1 amide bonds. The number of β-amino-alcohol motifs (C(OH)–C–C–N with tert-alkyl or cyclic N) is 1. The molecule has 0 radical (unpaired) electrons. The maximum Gasteiger partial charge on any atom is 0.251 e. The lowest BCUT2D eigenvalue weighted by atomic mass is 10.1. The van der Waals surface area contributed by atoms with Gasteiger partial charge in [0.05, 0.1) is 39.6 Å². The molecule has 38 heavy (non-hydrogen) atoms. The number of aryl methyl sites for hydroxylation is 1. The van der Waals surface area contributed by atoms with Crippen LogP contribution in [0.1, 0.15) is 35.0 Å². The van der Waals surface area contributed by atoms with Gasteiger partial charge in [-0.1, -0.05) is 12.1 Å². The van der Waals surface area contributed by atoms with Crippen molar-refractivity contribution in [3.8, 4) is 11.4 Å². The highest BCUT2D eigenvalue weighted by Crippen LogP contribution is 2.27. The van der Waals surface area contributed by atoms with Crippen LogP contribution in [-0.4, -0.2) is 59.3 Å². The van der Waals surface area contributed by atoms with Gasteiger partial charge >= 0.3 is 0 Å². The monoisotopic (exact) mass is 531 g/mol. The van der Waals surface area contributed by atoms with E-state index in [9.17, 15) is 18.3 Å². The number of carbonyl (C=O) groups is 1. The van der Waals surface area contributed by atoms with Gasteiger partial charge in [-0.2, -0.15) is 0 Å². The number of nitrogens with zero attached hydrogens (tertiary/aromatic N) is 4. The van der Waals surface area contributed by atoms with E-state index in [0.29, 0.717) is 35.4 Å². The smallest absolute Gasteiger partial charge is 0.251 e. The molecule has 1 aromatic carbocycles. The first-order valence-electron chi connectivity index (χ1n) is 12.3. The molecule has 1 aliphatic rings. The first kappa shape index (κ1) is 25.7. The van der Waals surface area contributed by atoms with Gasteiger partial charge in [0.2, 0.25) is 0 Å². The number of fused-ring (bicyclic) bond motifs is 1. The molecule has 196 valence electrons. The Morgan fingerprint density at radius 2 is 1.89 bits per heavy atom. The van der Waals surface area contributed by atoms with Gasteiger partial charge in [0.25, 0.3) is 5.91 Å². The van der Waals surface area contributed by atoms with E-state index >= 15 is 0 Å². The first-order valence-corrected chi connectivity index (χ1v) is 14.2. The van der Waals surface area contributed by atoms with Crippen molar-refractivity contribution in [3.63, 3.8) is 0 Å². The molecular weight excluding hydrogens is 502 g/mol. The molecule has 0 saturated carbocycles. The third-order valence-electron chi connectivity index (χ3n) is 6.68. The Hall–Kier alpha value is -3.89. The number of sulfone groups is 1. The molecule has 3 aromatic heterocycles. The maximum atomic E-state index is 12.7. The van der Waals surface area contributed by atoms with Crippen molar-refractivity contribution in [2.24, 2.45) is 0 Å². The molecule has 4 aromatic rings. The minimum atomic E-state index is -3.44. The molecular formula is C28H29N5O4S. The van der Waals surface area contributed by atoms with E-state index in [2.05, 4.69) is 15.2 Å². The molecule has 1 atom stereocenters. The van der Waals surface area contributed by atoms with Crippen LogP contribution in [0.15, 0.2) is 65.7 Å². The Morgan fingerprint density at radius 3 is 2.63 bits per heavy atom. The highest BCUT2D eigenvalue weighted by atomic mass is 32.2. The van der Waals surface area contributed by atoms with Gasteiger partial charge in [-0.05, 0) is 68.3 Å². The van der Waals surface area contributed by atoms with Crippen LogP contribution in [-0.2, 0) is 16.4 Å². The maximum absolute atomic E-state index is 12.7. The SMILES string of the molecule is Cc1ccc(C(=O)NCc2cc3nc(-c4cccc(N5CCC(C)(O)C5)n4)ccc3cn2)cc1S(C)(=O)=O. The van der Waals surface area contributed by atoms with Crippen molar-refractivity contribution < 1.29 is 18.3 Å². The zero-order chi connectivity index (χ0) is 27.1. The predicted octanol–water partition coefficient (Wildman–Crippen LogP) is 3.29. The van der Waals surface area contributed by atoms with Crippen molar-refractivity contribution >= 4 is 32.5 Å². The van der Waals surface area contributed by atoms with Crippen LogP contribution in [0.3, 0.4) is 0 Å². The average molecular weight is 532 g/mol. The third kappa shape index (κ3) is 5.51. The average Bonchev–Trinajstić information content (AvgIpc) is 3.26. The molecule has 1 saturated heterocycles. The van der Waals surface area contributed by atoms with E-state index in [1.54, 1.807) is 25.3 Å². The molecule has 4 heterocycles. The highest BCUT2D eigenvalue weighted by molar-refractivity contribution is 7.90. The van der Waals surface area contributed by atoms with Gasteiger partial charge in [-0.15, -0.1) is 0 Å². The number of nitrogens with one attached hydrogen (secondary N) is 1. The van der Waals surface area contributed by atoms with E-state index in [-0.39, 0.29) is 22.9 Å². The Balaban J connectivity index is 1.34. The summed E-state index contributed by atoms with van der Waals surface area (Å²) in [6.45, 7) is 4.97. The van der Waals surface area contributed by atoms with Crippen LogP contribution < -0.4 is 10.2 Å². The number of rotatable bonds is 6. The molecule has 2 N–H and O–H groups in total. The largest absolute Gasteiger partial charge is 0.388 e. The minimum Gasteiger partial charge on any atom is -0.388 e. The zero-order valence-electron chi connectivity index (χ0n) is 21.5. The van der Waals surface area contributed by atoms with Crippen molar-refractivity contribution in [2.75, 3.05) is 24.2 Å². The van der Waals surface area contributed by atoms with Crippen molar-refractivity contribution in [2.45, 2.75) is 37.3 Å². The van der Waals surface area contributed by atoms with E-state index in [1.807, 2.05) is 43.3 Å². The molecule has 0 bridgehead atoms. The van der Waals surface area contributed by atoms with Crippen molar-refractivity contribution in [1.82, 2.24) is 20.3 Å². The van der Waals surface area contributed by atoms with Gasteiger partial charge in [-0.25, -0.2) is 18.4 Å². The van der Waals surface area contributed by atoms with Gasteiger partial charge < -0.3 is 15.3 Å². The lowest BCUT2D eigenvalue weighted by Crippen LogP contribution is -2.30.